The Bertz CT molecular complexity index is 1210. The number of nitrogens with zero attached hydrogens (tertiary/aromatic N) is 4. The van der Waals surface area contributed by atoms with E-state index in [-0.39, 0.29) is 16.5 Å². The molecule has 4 N–H and O–H groups in total. The highest BCUT2D eigenvalue weighted by Crippen LogP contribution is 2.34. The molecule has 9 heteroatoms. The third-order valence-electron chi connectivity index (χ3n) is 6.68. The van der Waals surface area contributed by atoms with Crippen LogP contribution in [0.25, 0.3) is 0 Å². The van der Waals surface area contributed by atoms with Crippen molar-refractivity contribution in [1.29, 1.82) is 0 Å². The molecule has 0 spiro atoms. The third kappa shape index (κ3) is 3.57. The van der Waals surface area contributed by atoms with Crippen molar-refractivity contribution in [2.45, 2.75) is 44.6 Å². The number of nitrogens with one attached hydrogen (secondary N) is 2. The second-order valence-corrected chi connectivity index (χ2v) is 9.92. The van der Waals surface area contributed by atoms with Crippen molar-refractivity contribution in [2.24, 2.45) is 15.8 Å². The van der Waals surface area contributed by atoms with E-state index in [1.165, 1.54) is 17.7 Å². The number of fused-ring (bicyclic) bond motifs is 2. The fraction of sp³-hybridized carbons (Fsp3) is 0.333. The Labute approximate surface area is 196 Å². The maximum atomic E-state index is 12.8. The Morgan fingerprint density at radius 3 is 2.82 bits per heavy atom. The minimum Gasteiger partial charge on any atom is -0.308 e. The van der Waals surface area contributed by atoms with Crippen LogP contribution in [0.3, 0.4) is 0 Å². The molecule has 6 rings (SSSR count). The first-order valence-electron chi connectivity index (χ1n) is 11.5. The Kier molecular flexibility index (Phi) is 5.06. The summed E-state index contributed by atoms with van der Waals surface area (Å²) >= 11 is 1.59. The number of aromatic nitrogens is 1. The number of allylic oxidation sites excluding steroid dienone is 1. The molecule has 8 nitrogen and oxygen atoms in total. The maximum absolute atomic E-state index is 12.8. The number of carbonyl (C=O) groups excluding carboxylic acids is 1. The predicted octanol–water partition coefficient (Wildman–Crippen LogP) is 3.24. The molecule has 0 bridgehead atoms. The number of benzene rings is 1. The maximum Gasteiger partial charge on any atom is 0.264 e. The Balaban J connectivity index is 1.24. The lowest BCUT2D eigenvalue weighted by Crippen LogP contribution is -2.53. The van der Waals surface area contributed by atoms with Gasteiger partial charge in [-0.2, -0.15) is 10.8 Å². The first kappa shape index (κ1) is 20.6. The predicted molar refractivity (Wildman–Crippen MR) is 130 cm³/mol. The molecule has 4 heterocycles. The number of aliphatic imine (C=N–C) groups is 2. The van der Waals surface area contributed by atoms with Crippen molar-refractivity contribution in [3.8, 4) is 0 Å². The minimum atomic E-state index is -0.155. The number of rotatable bonds is 4. The van der Waals surface area contributed by atoms with Crippen molar-refractivity contribution in [2.75, 3.05) is 11.9 Å². The second-order valence-electron chi connectivity index (χ2n) is 8.84. The first-order valence-corrected chi connectivity index (χ1v) is 12.3. The molecule has 4 aliphatic rings. The monoisotopic (exact) mass is 460 g/mol. The molecule has 2 unspecified atom stereocenters. The largest absolute Gasteiger partial charge is 0.308 e. The van der Waals surface area contributed by atoms with E-state index in [0.29, 0.717) is 10.7 Å². The fourth-order valence-corrected chi connectivity index (χ4v) is 5.97. The molecule has 0 radical (unpaired) electrons. The third-order valence-corrected chi connectivity index (χ3v) is 7.76. The van der Waals surface area contributed by atoms with E-state index >= 15 is 0 Å². The van der Waals surface area contributed by atoms with Gasteiger partial charge in [-0.1, -0.05) is 0 Å². The SMILES string of the molecule is N[N+]12C=CN=CC1=C(C1CCCN1)N=C2c1ccc(C(=O)Nc2nc3c(s2)CCCC3)cc1. The van der Waals surface area contributed by atoms with Crippen LogP contribution in [0.1, 0.15) is 52.2 Å². The quantitative estimate of drug-likeness (QED) is 0.481. The van der Waals surface area contributed by atoms with Crippen molar-refractivity contribution >= 4 is 34.4 Å². The second kappa shape index (κ2) is 8.11. The average molecular weight is 461 g/mol. The Morgan fingerprint density at radius 2 is 2.03 bits per heavy atom. The van der Waals surface area contributed by atoms with E-state index in [1.54, 1.807) is 23.8 Å². The van der Waals surface area contributed by atoms with Gasteiger partial charge in [0.25, 0.3) is 11.7 Å². The molecule has 1 aromatic carbocycles. The standard InChI is InChI=1S/C24H25N7OS/c25-31-13-12-26-14-19(31)21(18-5-3-11-27-18)29-22(31)15-7-9-16(10-8-15)23(32)30-24-28-17-4-1-2-6-20(17)33-24/h7-10,12-14,18,27H,1-6,11,25H2/p+1. The van der Waals surface area contributed by atoms with Crippen LogP contribution in [0.2, 0.25) is 0 Å². The number of thiazole rings is 1. The highest BCUT2D eigenvalue weighted by molar-refractivity contribution is 7.15. The fourth-order valence-electron chi connectivity index (χ4n) is 4.93. The number of hydrogen-bond acceptors (Lipinski definition) is 7. The number of carbonyl (C=O) groups is 1. The average Bonchev–Trinajstić information content (AvgIpc) is 3.56. The van der Waals surface area contributed by atoms with Gasteiger partial charge in [0.05, 0.1) is 29.7 Å². The zero-order valence-electron chi connectivity index (χ0n) is 18.3. The minimum absolute atomic E-state index is 0.00672. The van der Waals surface area contributed by atoms with Crippen LogP contribution in [-0.2, 0) is 12.8 Å². The van der Waals surface area contributed by atoms with Gasteiger partial charge >= 0.3 is 0 Å². The van der Waals surface area contributed by atoms with E-state index in [4.69, 9.17) is 10.8 Å². The first-order chi connectivity index (χ1) is 16.1. The van der Waals surface area contributed by atoms with E-state index in [9.17, 15) is 4.79 Å². The Morgan fingerprint density at radius 1 is 1.18 bits per heavy atom. The molecule has 1 aliphatic carbocycles. The highest BCUT2D eigenvalue weighted by Gasteiger charge is 2.46. The van der Waals surface area contributed by atoms with Crippen LogP contribution in [0.4, 0.5) is 5.13 Å². The lowest BCUT2D eigenvalue weighted by Gasteiger charge is -2.26. The van der Waals surface area contributed by atoms with E-state index in [2.05, 4.69) is 20.6 Å². The lowest BCUT2D eigenvalue weighted by molar-refractivity contribution is -0.750. The normalized spacial score (nSPS) is 25.7. The number of quaternary nitrogens is 1. The molecule has 3 aliphatic heterocycles. The Hall–Kier alpha value is -2.98. The molecule has 1 aromatic heterocycles. The number of amides is 1. The molecule has 1 saturated heterocycles. The van der Waals surface area contributed by atoms with Crippen LogP contribution >= 0.6 is 11.3 Å². The molecule has 2 aromatic rings. The van der Waals surface area contributed by atoms with Gasteiger partial charge in [0, 0.05) is 10.4 Å². The van der Waals surface area contributed by atoms with E-state index in [1.807, 2.05) is 30.5 Å². The van der Waals surface area contributed by atoms with Crippen molar-refractivity contribution in [1.82, 2.24) is 10.3 Å². The number of aryl methyl sites for hydroxylation is 2. The number of nitrogens with two attached hydrogens (primary N) is 1. The molecular formula is C24H26N7OS+. The summed E-state index contributed by atoms with van der Waals surface area (Å²) in [5.41, 5.74) is 4.44. The number of amidine groups is 1. The van der Waals surface area contributed by atoms with Gasteiger partial charge in [0.15, 0.2) is 5.13 Å². The summed E-state index contributed by atoms with van der Waals surface area (Å²) in [5, 5.41) is 7.16. The summed E-state index contributed by atoms with van der Waals surface area (Å²) in [5.74, 6) is 7.38. The smallest absolute Gasteiger partial charge is 0.264 e. The van der Waals surface area contributed by atoms with Crippen molar-refractivity contribution < 1.29 is 9.39 Å². The van der Waals surface area contributed by atoms with Gasteiger partial charge in [-0.15, -0.1) is 15.9 Å². The van der Waals surface area contributed by atoms with Crippen LogP contribution in [0, 0.1) is 0 Å². The van der Waals surface area contributed by atoms with E-state index in [0.717, 1.165) is 60.7 Å². The van der Waals surface area contributed by atoms with E-state index < -0.39 is 0 Å². The summed E-state index contributed by atoms with van der Waals surface area (Å²) < 4.78 is -0.00672. The summed E-state index contributed by atoms with van der Waals surface area (Å²) in [4.78, 5) is 28.0. The van der Waals surface area contributed by atoms with Crippen LogP contribution in [0.5, 0.6) is 0 Å². The molecule has 168 valence electrons. The van der Waals surface area contributed by atoms with Gasteiger partial charge in [0.2, 0.25) is 5.70 Å². The van der Waals surface area contributed by atoms with Gasteiger partial charge in [-0.25, -0.2) is 4.98 Å². The van der Waals surface area contributed by atoms with Crippen molar-refractivity contribution in [3.05, 3.63) is 69.8 Å². The molecule has 33 heavy (non-hydrogen) atoms. The molecule has 0 saturated carbocycles. The topological polar surface area (TPSA) is 105 Å². The van der Waals surface area contributed by atoms with Crippen LogP contribution in [-0.4, -0.2) is 40.1 Å². The lowest BCUT2D eigenvalue weighted by atomic mass is 10.0. The van der Waals surface area contributed by atoms with Crippen LogP contribution in [0.15, 0.2) is 58.0 Å². The number of anilines is 1. The summed E-state index contributed by atoms with van der Waals surface area (Å²) in [6.07, 6.45) is 12.0. The van der Waals surface area contributed by atoms with Crippen LogP contribution < -0.4 is 16.5 Å². The number of hydrogen-bond donors (Lipinski definition) is 3. The van der Waals surface area contributed by atoms with Gasteiger partial charge < -0.3 is 5.32 Å². The molecular weight excluding hydrogens is 434 g/mol. The van der Waals surface area contributed by atoms with Gasteiger partial charge in [-0.3, -0.25) is 15.1 Å². The van der Waals surface area contributed by atoms with Gasteiger partial charge in [-0.05, 0) is 69.3 Å². The molecule has 1 fully saturated rings. The molecule has 2 atom stereocenters. The zero-order chi connectivity index (χ0) is 22.4. The molecule has 1 amide bonds. The summed E-state index contributed by atoms with van der Waals surface area (Å²) in [6.45, 7) is 0.982. The summed E-state index contributed by atoms with van der Waals surface area (Å²) in [7, 11) is 0. The zero-order valence-corrected chi connectivity index (χ0v) is 19.1. The summed E-state index contributed by atoms with van der Waals surface area (Å²) in [6, 6.07) is 7.65. The highest BCUT2D eigenvalue weighted by atomic mass is 32.1. The van der Waals surface area contributed by atoms with Crippen molar-refractivity contribution in [3.63, 3.8) is 0 Å². The van der Waals surface area contributed by atoms with Gasteiger partial charge in [0.1, 0.15) is 11.9 Å².